The van der Waals surface area contributed by atoms with Gasteiger partial charge >= 0.3 is 0 Å². The van der Waals surface area contributed by atoms with Gasteiger partial charge in [-0.25, -0.2) is 0 Å². The minimum atomic E-state index is 0.594. The Hall–Kier alpha value is -0.0800. The zero-order valence-electron chi connectivity index (χ0n) is 13.4. The summed E-state index contributed by atoms with van der Waals surface area (Å²) in [5, 5.41) is 3.86. The van der Waals surface area contributed by atoms with E-state index >= 15 is 0 Å². The number of piperidine rings is 1. The van der Waals surface area contributed by atoms with Crippen LogP contribution in [-0.2, 0) is 0 Å². The van der Waals surface area contributed by atoms with Crippen LogP contribution in [0.4, 0.5) is 0 Å². The number of rotatable bonds is 6. The molecule has 0 amide bonds. The molecule has 0 bridgehead atoms. The summed E-state index contributed by atoms with van der Waals surface area (Å²) in [6, 6.07) is 0.709. The van der Waals surface area contributed by atoms with Crippen molar-refractivity contribution in [1.82, 2.24) is 10.2 Å². The van der Waals surface area contributed by atoms with Gasteiger partial charge in [0, 0.05) is 12.6 Å². The SMILES string of the molecule is CCCN1CCC(C(C)NCC2(C)CCCC2)CC1. The number of hydrogen-bond acceptors (Lipinski definition) is 2. The van der Waals surface area contributed by atoms with Crippen molar-refractivity contribution in [2.24, 2.45) is 11.3 Å². The summed E-state index contributed by atoms with van der Waals surface area (Å²) in [5.74, 6) is 0.901. The van der Waals surface area contributed by atoms with Crippen LogP contribution < -0.4 is 5.32 Å². The topological polar surface area (TPSA) is 15.3 Å². The van der Waals surface area contributed by atoms with E-state index in [1.54, 1.807) is 0 Å². The van der Waals surface area contributed by atoms with Gasteiger partial charge in [0.1, 0.15) is 0 Å². The van der Waals surface area contributed by atoms with Gasteiger partial charge < -0.3 is 10.2 Å². The molecule has 1 heterocycles. The molecule has 1 unspecified atom stereocenters. The van der Waals surface area contributed by atoms with Crippen LogP contribution >= 0.6 is 0 Å². The number of hydrogen-bond donors (Lipinski definition) is 1. The van der Waals surface area contributed by atoms with Gasteiger partial charge in [0.05, 0.1) is 0 Å². The molecule has 2 rings (SSSR count). The van der Waals surface area contributed by atoms with Crippen molar-refractivity contribution in [2.45, 2.75) is 71.8 Å². The Morgan fingerprint density at radius 2 is 1.84 bits per heavy atom. The highest BCUT2D eigenvalue weighted by molar-refractivity contribution is 4.86. The summed E-state index contributed by atoms with van der Waals surface area (Å²) in [4.78, 5) is 2.64. The van der Waals surface area contributed by atoms with E-state index in [9.17, 15) is 0 Å². The summed E-state index contributed by atoms with van der Waals surface area (Å²) in [7, 11) is 0. The van der Waals surface area contributed by atoms with Gasteiger partial charge in [-0.3, -0.25) is 0 Å². The molecule has 2 fully saturated rings. The lowest BCUT2D eigenvalue weighted by Crippen LogP contribution is -2.44. The van der Waals surface area contributed by atoms with Crippen LogP contribution in [0.1, 0.15) is 65.7 Å². The van der Waals surface area contributed by atoms with E-state index in [-0.39, 0.29) is 0 Å². The maximum atomic E-state index is 3.86. The third-order valence-corrected chi connectivity index (χ3v) is 5.54. The standard InChI is InChI=1S/C17H34N2/c1-4-11-19-12-7-16(8-13-19)15(2)18-14-17(3)9-5-6-10-17/h15-16,18H,4-14H2,1-3H3. The molecule has 0 aromatic heterocycles. The molecule has 1 aliphatic heterocycles. The quantitative estimate of drug-likeness (QED) is 0.789. The summed E-state index contributed by atoms with van der Waals surface area (Å²) in [6.07, 6.45) is 9.85. The average Bonchev–Trinajstić information content (AvgIpc) is 2.85. The van der Waals surface area contributed by atoms with E-state index < -0.39 is 0 Å². The van der Waals surface area contributed by atoms with Crippen LogP contribution in [0.25, 0.3) is 0 Å². The maximum Gasteiger partial charge on any atom is 0.00681 e. The predicted octanol–water partition coefficient (Wildman–Crippen LogP) is 3.67. The monoisotopic (exact) mass is 266 g/mol. The molecule has 2 heteroatoms. The van der Waals surface area contributed by atoms with E-state index in [1.807, 2.05) is 0 Å². The third-order valence-electron chi connectivity index (χ3n) is 5.54. The minimum Gasteiger partial charge on any atom is -0.313 e. The van der Waals surface area contributed by atoms with E-state index in [0.29, 0.717) is 11.5 Å². The predicted molar refractivity (Wildman–Crippen MR) is 83.5 cm³/mol. The highest BCUT2D eigenvalue weighted by Crippen LogP contribution is 2.37. The van der Waals surface area contributed by atoms with Gasteiger partial charge in [0.2, 0.25) is 0 Å². The fourth-order valence-electron chi connectivity index (χ4n) is 3.97. The Bertz CT molecular complexity index is 250. The summed E-state index contributed by atoms with van der Waals surface area (Å²) in [6.45, 7) is 12.4. The normalized spacial score (nSPS) is 26.7. The van der Waals surface area contributed by atoms with Crippen molar-refractivity contribution >= 4 is 0 Å². The highest BCUT2D eigenvalue weighted by Gasteiger charge is 2.30. The Kier molecular flexibility index (Phi) is 5.70. The first kappa shape index (κ1) is 15.3. The molecule has 112 valence electrons. The fraction of sp³-hybridized carbons (Fsp3) is 1.00. The largest absolute Gasteiger partial charge is 0.313 e. The second kappa shape index (κ2) is 7.08. The molecule has 0 aromatic rings. The maximum absolute atomic E-state index is 3.86. The molecule has 1 atom stereocenters. The van der Waals surface area contributed by atoms with E-state index in [0.717, 1.165) is 5.92 Å². The minimum absolute atomic E-state index is 0.594. The first-order valence-electron chi connectivity index (χ1n) is 8.59. The Labute approximate surface area is 120 Å². The lowest BCUT2D eigenvalue weighted by Gasteiger charge is -2.36. The first-order valence-corrected chi connectivity index (χ1v) is 8.59. The molecule has 1 N–H and O–H groups in total. The molecule has 1 saturated heterocycles. The van der Waals surface area contributed by atoms with Crippen molar-refractivity contribution in [2.75, 3.05) is 26.2 Å². The lowest BCUT2D eigenvalue weighted by atomic mass is 9.86. The zero-order chi connectivity index (χ0) is 13.7. The second-order valence-electron chi connectivity index (χ2n) is 7.37. The average molecular weight is 266 g/mol. The third kappa shape index (κ3) is 4.46. The molecule has 1 saturated carbocycles. The van der Waals surface area contributed by atoms with Crippen LogP contribution in [0.3, 0.4) is 0 Å². The summed E-state index contributed by atoms with van der Waals surface area (Å²) < 4.78 is 0. The van der Waals surface area contributed by atoms with Crippen LogP contribution in [0.15, 0.2) is 0 Å². The molecule has 2 nitrogen and oxygen atoms in total. The van der Waals surface area contributed by atoms with Gasteiger partial charge in [-0.15, -0.1) is 0 Å². The van der Waals surface area contributed by atoms with Gasteiger partial charge in [-0.05, 0) is 70.0 Å². The Balaban J connectivity index is 1.68. The molecule has 0 spiro atoms. The highest BCUT2D eigenvalue weighted by atomic mass is 15.1. The van der Waals surface area contributed by atoms with Crippen LogP contribution in [0.2, 0.25) is 0 Å². The Morgan fingerprint density at radius 1 is 1.21 bits per heavy atom. The van der Waals surface area contributed by atoms with Crippen molar-refractivity contribution in [3.8, 4) is 0 Å². The van der Waals surface area contributed by atoms with Crippen LogP contribution in [-0.4, -0.2) is 37.1 Å². The number of nitrogens with zero attached hydrogens (tertiary/aromatic N) is 1. The first-order chi connectivity index (χ1) is 9.13. The fourth-order valence-corrected chi connectivity index (χ4v) is 3.97. The van der Waals surface area contributed by atoms with E-state index in [2.05, 4.69) is 31.0 Å². The van der Waals surface area contributed by atoms with Gasteiger partial charge in [0.25, 0.3) is 0 Å². The van der Waals surface area contributed by atoms with E-state index in [4.69, 9.17) is 0 Å². The van der Waals surface area contributed by atoms with Gasteiger partial charge in [0.15, 0.2) is 0 Å². The molecule has 19 heavy (non-hydrogen) atoms. The van der Waals surface area contributed by atoms with Crippen molar-refractivity contribution in [3.63, 3.8) is 0 Å². The Morgan fingerprint density at radius 3 is 2.42 bits per heavy atom. The molecule has 0 aromatic carbocycles. The molecule has 2 aliphatic rings. The van der Waals surface area contributed by atoms with Crippen LogP contribution in [0, 0.1) is 11.3 Å². The zero-order valence-corrected chi connectivity index (χ0v) is 13.4. The van der Waals surface area contributed by atoms with Crippen molar-refractivity contribution in [1.29, 1.82) is 0 Å². The lowest BCUT2D eigenvalue weighted by molar-refractivity contribution is 0.156. The van der Waals surface area contributed by atoms with E-state index in [1.165, 1.54) is 71.1 Å². The smallest absolute Gasteiger partial charge is 0.00681 e. The molecule has 0 radical (unpaired) electrons. The van der Waals surface area contributed by atoms with Crippen LogP contribution in [0.5, 0.6) is 0 Å². The van der Waals surface area contributed by atoms with Crippen molar-refractivity contribution in [3.05, 3.63) is 0 Å². The van der Waals surface area contributed by atoms with Crippen molar-refractivity contribution < 1.29 is 0 Å². The number of likely N-dealkylation sites (tertiary alicyclic amines) is 1. The second-order valence-corrected chi connectivity index (χ2v) is 7.37. The molecular weight excluding hydrogens is 232 g/mol. The summed E-state index contributed by atoms with van der Waals surface area (Å²) >= 11 is 0. The van der Waals surface area contributed by atoms with Gasteiger partial charge in [-0.2, -0.15) is 0 Å². The number of nitrogens with one attached hydrogen (secondary N) is 1. The molecule has 1 aliphatic carbocycles. The molecular formula is C17H34N2. The van der Waals surface area contributed by atoms with Gasteiger partial charge in [-0.1, -0.05) is 26.7 Å². The summed E-state index contributed by atoms with van der Waals surface area (Å²) in [5.41, 5.74) is 0.594.